The summed E-state index contributed by atoms with van der Waals surface area (Å²) < 4.78 is 5.01. The van der Waals surface area contributed by atoms with E-state index in [0.717, 1.165) is 5.56 Å². The summed E-state index contributed by atoms with van der Waals surface area (Å²) in [5.41, 5.74) is 0.732. The van der Waals surface area contributed by atoms with Crippen LogP contribution in [0, 0.1) is 0 Å². The molecule has 0 aliphatic rings. The van der Waals surface area contributed by atoms with E-state index in [1.165, 1.54) is 0 Å². The van der Waals surface area contributed by atoms with Gasteiger partial charge >= 0.3 is 11.9 Å². The van der Waals surface area contributed by atoms with Crippen molar-refractivity contribution in [3.8, 4) is 0 Å². The molecule has 20 heavy (non-hydrogen) atoms. The van der Waals surface area contributed by atoms with Crippen LogP contribution in [0.15, 0.2) is 30.3 Å². The van der Waals surface area contributed by atoms with E-state index in [9.17, 15) is 14.7 Å². The summed E-state index contributed by atoms with van der Waals surface area (Å²) in [6, 6.07) is 8.85. The van der Waals surface area contributed by atoms with E-state index < -0.39 is 30.3 Å². The Kier molecular flexibility index (Phi) is 7.45. The molecule has 1 aromatic carbocycles. The van der Waals surface area contributed by atoms with Crippen LogP contribution in [-0.2, 0) is 14.3 Å². The molecule has 0 aliphatic carbocycles. The highest BCUT2D eigenvalue weighted by Gasteiger charge is 2.32. The molecule has 1 aromatic rings. The van der Waals surface area contributed by atoms with Crippen molar-refractivity contribution in [1.82, 2.24) is 6.15 Å². The fraction of sp³-hybridized carbons (Fsp3) is 0.385. The quantitative estimate of drug-likeness (QED) is 0.562. The van der Waals surface area contributed by atoms with Gasteiger partial charge in [-0.3, -0.25) is 0 Å². The molecule has 112 valence electrons. The van der Waals surface area contributed by atoms with Crippen molar-refractivity contribution in [3.05, 3.63) is 35.9 Å². The van der Waals surface area contributed by atoms with Gasteiger partial charge < -0.3 is 26.2 Å². The van der Waals surface area contributed by atoms with Crippen molar-refractivity contribution in [2.75, 3.05) is 0 Å². The Hall–Kier alpha value is -1.96. The maximum Gasteiger partial charge on any atom is 0.338 e. The SMILES string of the molecule is CCC(OC(=O)C(O)C(O)C(=O)O)c1ccccc1.N. The first-order valence-corrected chi connectivity index (χ1v) is 5.81. The number of carbonyl (C=O) groups excluding carboxylic acids is 1. The summed E-state index contributed by atoms with van der Waals surface area (Å²) in [6.07, 6.45) is -4.42. The number of hydrogen-bond acceptors (Lipinski definition) is 6. The minimum Gasteiger partial charge on any atom is -0.479 e. The van der Waals surface area contributed by atoms with Gasteiger partial charge in [0.2, 0.25) is 0 Å². The minimum atomic E-state index is -2.19. The Morgan fingerprint density at radius 1 is 1.15 bits per heavy atom. The molecule has 0 heterocycles. The van der Waals surface area contributed by atoms with E-state index in [2.05, 4.69) is 0 Å². The Labute approximate surface area is 116 Å². The topological polar surface area (TPSA) is 139 Å². The largest absolute Gasteiger partial charge is 0.479 e. The van der Waals surface area contributed by atoms with Crippen LogP contribution >= 0.6 is 0 Å². The summed E-state index contributed by atoms with van der Waals surface area (Å²) in [7, 11) is 0. The van der Waals surface area contributed by atoms with Crippen molar-refractivity contribution in [2.45, 2.75) is 31.7 Å². The summed E-state index contributed by atoms with van der Waals surface area (Å²) in [5.74, 6) is -2.84. The standard InChI is InChI=1S/C13H16O6.H3N/c1-2-9(8-6-4-3-5-7-8)19-13(18)11(15)10(14)12(16)17;/h3-7,9-11,14-15H,2H2,1H3,(H,16,17);1H3. The first-order valence-electron chi connectivity index (χ1n) is 5.81. The minimum absolute atomic E-state index is 0. The Morgan fingerprint density at radius 2 is 1.70 bits per heavy atom. The predicted octanol–water partition coefficient (Wildman–Crippen LogP) is 0.649. The van der Waals surface area contributed by atoms with E-state index in [1.54, 1.807) is 37.3 Å². The van der Waals surface area contributed by atoms with Crippen molar-refractivity contribution in [1.29, 1.82) is 0 Å². The average Bonchev–Trinajstić information content (AvgIpc) is 2.43. The molecule has 3 unspecified atom stereocenters. The van der Waals surface area contributed by atoms with Gasteiger partial charge in [0.1, 0.15) is 6.10 Å². The van der Waals surface area contributed by atoms with Crippen LogP contribution in [-0.4, -0.2) is 39.5 Å². The molecule has 6 N–H and O–H groups in total. The number of ether oxygens (including phenoxy) is 1. The zero-order valence-corrected chi connectivity index (χ0v) is 11.1. The van der Waals surface area contributed by atoms with Crippen LogP contribution < -0.4 is 6.15 Å². The molecule has 3 atom stereocenters. The highest BCUT2D eigenvalue weighted by atomic mass is 16.6. The lowest BCUT2D eigenvalue weighted by Crippen LogP contribution is -2.41. The summed E-state index contributed by atoms with van der Waals surface area (Å²) in [4.78, 5) is 22.0. The fourth-order valence-electron chi connectivity index (χ4n) is 1.53. The maximum atomic E-state index is 11.5. The highest BCUT2D eigenvalue weighted by molar-refractivity contribution is 5.84. The zero-order valence-electron chi connectivity index (χ0n) is 11.1. The second-order valence-corrected chi connectivity index (χ2v) is 3.97. The second kappa shape index (κ2) is 8.26. The van der Waals surface area contributed by atoms with Crippen molar-refractivity contribution in [2.24, 2.45) is 0 Å². The number of carboxylic acid groups (broad SMARTS) is 1. The van der Waals surface area contributed by atoms with Gasteiger partial charge in [-0.25, -0.2) is 9.59 Å². The Balaban J connectivity index is 0.00000361. The first kappa shape index (κ1) is 18.0. The number of rotatable bonds is 6. The molecular weight excluding hydrogens is 266 g/mol. The number of hydrogen-bond donors (Lipinski definition) is 4. The third-order valence-electron chi connectivity index (χ3n) is 2.59. The van der Waals surface area contributed by atoms with Gasteiger partial charge in [-0.15, -0.1) is 0 Å². The fourth-order valence-corrected chi connectivity index (χ4v) is 1.53. The van der Waals surface area contributed by atoms with E-state index in [4.69, 9.17) is 14.9 Å². The van der Waals surface area contributed by atoms with Gasteiger partial charge in [0.25, 0.3) is 0 Å². The first-order chi connectivity index (χ1) is 8.97. The molecule has 0 spiro atoms. The van der Waals surface area contributed by atoms with E-state index >= 15 is 0 Å². The van der Waals surface area contributed by atoms with Crippen molar-refractivity contribution < 1.29 is 29.6 Å². The molecular formula is C13H19NO6. The number of carbonyl (C=O) groups is 2. The predicted molar refractivity (Wildman–Crippen MR) is 70.2 cm³/mol. The molecule has 7 nitrogen and oxygen atoms in total. The van der Waals surface area contributed by atoms with Crippen molar-refractivity contribution in [3.63, 3.8) is 0 Å². The Bertz CT molecular complexity index is 436. The summed E-state index contributed by atoms with van der Waals surface area (Å²) in [5, 5.41) is 26.9. The maximum absolute atomic E-state index is 11.5. The highest BCUT2D eigenvalue weighted by Crippen LogP contribution is 2.21. The second-order valence-electron chi connectivity index (χ2n) is 3.97. The number of carboxylic acids is 1. The van der Waals surface area contributed by atoms with E-state index in [-0.39, 0.29) is 6.15 Å². The monoisotopic (exact) mass is 285 g/mol. The van der Waals surface area contributed by atoms with Crippen LogP contribution in [0.25, 0.3) is 0 Å². The van der Waals surface area contributed by atoms with Gasteiger partial charge in [-0.2, -0.15) is 0 Å². The summed E-state index contributed by atoms with van der Waals surface area (Å²) >= 11 is 0. The lowest BCUT2D eigenvalue weighted by atomic mass is 10.1. The molecule has 7 heteroatoms. The van der Waals surface area contributed by atoms with Gasteiger partial charge in [0, 0.05) is 0 Å². The molecule has 0 fully saturated rings. The van der Waals surface area contributed by atoms with Gasteiger partial charge in [-0.1, -0.05) is 37.3 Å². The van der Waals surface area contributed by atoms with Gasteiger partial charge in [-0.05, 0) is 12.0 Å². The van der Waals surface area contributed by atoms with E-state index in [1.807, 2.05) is 0 Å². The number of aliphatic hydroxyl groups excluding tert-OH is 2. The lowest BCUT2D eigenvalue weighted by Gasteiger charge is -2.19. The molecule has 0 aromatic heterocycles. The molecule has 0 saturated carbocycles. The number of benzene rings is 1. The van der Waals surface area contributed by atoms with Crippen LogP contribution in [0.4, 0.5) is 0 Å². The molecule has 0 saturated heterocycles. The van der Waals surface area contributed by atoms with Gasteiger partial charge in [0.15, 0.2) is 12.2 Å². The zero-order chi connectivity index (χ0) is 14.4. The van der Waals surface area contributed by atoms with Crippen LogP contribution in [0.2, 0.25) is 0 Å². The molecule has 1 rings (SSSR count). The summed E-state index contributed by atoms with van der Waals surface area (Å²) in [6.45, 7) is 1.78. The number of aliphatic hydroxyl groups is 2. The van der Waals surface area contributed by atoms with Crippen molar-refractivity contribution >= 4 is 11.9 Å². The third kappa shape index (κ3) is 4.61. The van der Waals surface area contributed by atoms with Crippen LogP contribution in [0.1, 0.15) is 25.0 Å². The normalized spacial score (nSPS) is 14.6. The number of aliphatic carboxylic acids is 1. The lowest BCUT2D eigenvalue weighted by molar-refractivity contribution is -0.174. The number of esters is 1. The van der Waals surface area contributed by atoms with Gasteiger partial charge in [0.05, 0.1) is 0 Å². The molecule has 0 bridgehead atoms. The van der Waals surface area contributed by atoms with Crippen LogP contribution in [0.3, 0.4) is 0 Å². The smallest absolute Gasteiger partial charge is 0.338 e. The Morgan fingerprint density at radius 3 is 2.15 bits per heavy atom. The molecule has 0 amide bonds. The van der Waals surface area contributed by atoms with Crippen LogP contribution in [0.5, 0.6) is 0 Å². The molecule has 0 aliphatic heterocycles. The van der Waals surface area contributed by atoms with E-state index in [0.29, 0.717) is 6.42 Å². The third-order valence-corrected chi connectivity index (χ3v) is 2.59. The molecule has 0 radical (unpaired) electrons. The average molecular weight is 285 g/mol.